The normalized spacial score (nSPS) is 13.7. The van der Waals surface area contributed by atoms with Crippen molar-refractivity contribution in [1.29, 1.82) is 0 Å². The standard InChI is InChI=1S/C71H53N3S/c1-47-54(59-34-22-38-66(68(59)72-48-23-8-4-9-24-48)74(50-27-12-6-13-28-50)51-29-14-7-15-30-51)42-44-64-69(47)75-67-46-53(40-43-63(67)71(64)61-36-20-17-32-56(61)57-33-18-21-37-62(57)71)73(49-25-10-5-11-26-49)52-39-41-58-55-31-16-19-35-60(55)70(2,3)65(58)45-52/h4-46,72H,1-3H3. The summed E-state index contributed by atoms with van der Waals surface area (Å²) in [6.07, 6.45) is 0. The van der Waals surface area contributed by atoms with Crippen molar-refractivity contribution in [2.45, 2.75) is 41.4 Å². The average molecular weight is 980 g/mol. The maximum atomic E-state index is 3.98. The van der Waals surface area contributed by atoms with Gasteiger partial charge >= 0.3 is 0 Å². The number of hydrogen-bond donors (Lipinski definition) is 1. The van der Waals surface area contributed by atoms with E-state index in [-0.39, 0.29) is 5.41 Å². The van der Waals surface area contributed by atoms with Gasteiger partial charge in [-0.1, -0.05) is 208 Å². The molecular formula is C71H53N3S. The highest BCUT2D eigenvalue weighted by molar-refractivity contribution is 7.99. The highest BCUT2D eigenvalue weighted by atomic mass is 32.2. The zero-order valence-electron chi connectivity index (χ0n) is 42.1. The number of nitrogens with zero attached hydrogens (tertiary/aromatic N) is 2. The van der Waals surface area contributed by atoms with Crippen molar-refractivity contribution in [1.82, 2.24) is 0 Å². The van der Waals surface area contributed by atoms with Crippen LogP contribution < -0.4 is 15.1 Å². The molecule has 0 bridgehead atoms. The van der Waals surface area contributed by atoms with Crippen LogP contribution in [0.25, 0.3) is 33.4 Å². The second-order valence-corrected chi connectivity index (χ2v) is 21.6. The summed E-state index contributed by atoms with van der Waals surface area (Å²) in [5, 5.41) is 3.98. The van der Waals surface area contributed by atoms with Gasteiger partial charge in [-0.2, -0.15) is 0 Å². The number of para-hydroxylation sites is 5. The van der Waals surface area contributed by atoms with Crippen LogP contribution in [0, 0.1) is 6.92 Å². The molecule has 75 heavy (non-hydrogen) atoms. The minimum Gasteiger partial charge on any atom is -0.353 e. The minimum absolute atomic E-state index is 0.137. The van der Waals surface area contributed by atoms with Gasteiger partial charge in [-0.15, -0.1) is 0 Å². The molecule has 4 heteroatoms. The Kier molecular flexibility index (Phi) is 10.6. The lowest BCUT2D eigenvalue weighted by molar-refractivity contribution is 0.660. The van der Waals surface area contributed by atoms with Crippen molar-refractivity contribution in [3.05, 3.63) is 300 Å². The Labute approximate surface area is 444 Å². The van der Waals surface area contributed by atoms with E-state index in [1.54, 1.807) is 0 Å². The minimum atomic E-state index is -0.559. The van der Waals surface area contributed by atoms with Crippen LogP contribution in [-0.4, -0.2) is 0 Å². The molecule has 0 radical (unpaired) electrons. The summed E-state index contributed by atoms with van der Waals surface area (Å²) in [5.41, 5.74) is 24.8. The summed E-state index contributed by atoms with van der Waals surface area (Å²) >= 11 is 1.92. The number of benzene rings is 11. The summed E-state index contributed by atoms with van der Waals surface area (Å²) in [4.78, 5) is 7.36. The number of nitrogens with one attached hydrogen (secondary N) is 1. The van der Waals surface area contributed by atoms with Gasteiger partial charge in [0.2, 0.25) is 0 Å². The molecule has 0 saturated heterocycles. The van der Waals surface area contributed by atoms with Gasteiger partial charge in [0.25, 0.3) is 0 Å². The molecule has 3 aliphatic rings. The van der Waals surface area contributed by atoms with Crippen molar-refractivity contribution in [2.24, 2.45) is 0 Å². The topological polar surface area (TPSA) is 18.5 Å². The van der Waals surface area contributed by atoms with E-state index in [0.717, 1.165) is 51.1 Å². The molecule has 1 N–H and O–H groups in total. The lowest BCUT2D eigenvalue weighted by Crippen LogP contribution is -2.32. The van der Waals surface area contributed by atoms with E-state index in [1.165, 1.54) is 76.6 Å². The fourth-order valence-corrected chi connectivity index (χ4v) is 14.0. The summed E-state index contributed by atoms with van der Waals surface area (Å²) in [5.74, 6) is 0. The molecular weight excluding hydrogens is 927 g/mol. The quantitative estimate of drug-likeness (QED) is 0.155. The number of rotatable bonds is 9. The maximum Gasteiger partial charge on any atom is 0.0735 e. The molecule has 11 aromatic rings. The molecule has 0 aromatic heterocycles. The monoisotopic (exact) mass is 979 g/mol. The lowest BCUT2D eigenvalue weighted by Gasteiger charge is -2.41. The van der Waals surface area contributed by atoms with Crippen LogP contribution in [0.15, 0.2) is 271 Å². The van der Waals surface area contributed by atoms with Gasteiger partial charge in [0, 0.05) is 54.9 Å². The van der Waals surface area contributed by atoms with E-state index in [0.29, 0.717) is 0 Å². The fraction of sp³-hybridized carbons (Fsp3) is 0.0704. The molecule has 0 unspecified atom stereocenters. The van der Waals surface area contributed by atoms with Gasteiger partial charge in [0.05, 0.1) is 16.8 Å². The Hall–Kier alpha value is -8.83. The third-order valence-electron chi connectivity index (χ3n) is 16.1. The van der Waals surface area contributed by atoms with E-state index < -0.39 is 5.41 Å². The predicted molar refractivity (Wildman–Crippen MR) is 315 cm³/mol. The number of fused-ring (bicyclic) bond motifs is 12. The molecule has 0 amide bonds. The summed E-state index contributed by atoms with van der Waals surface area (Å²) in [6.45, 7) is 7.09. The maximum absolute atomic E-state index is 3.98. The number of anilines is 8. The largest absolute Gasteiger partial charge is 0.353 e. The third kappa shape index (κ3) is 6.97. The van der Waals surface area contributed by atoms with Crippen LogP contribution in [0.5, 0.6) is 0 Å². The second kappa shape index (κ2) is 17.7. The molecule has 0 saturated carbocycles. The van der Waals surface area contributed by atoms with Crippen LogP contribution in [0.1, 0.15) is 52.8 Å². The van der Waals surface area contributed by atoms with E-state index in [9.17, 15) is 0 Å². The SMILES string of the molecule is Cc1c(-c2cccc(N(c3ccccc3)c3ccccc3)c2Nc2ccccc2)ccc2c1Sc1cc(N(c3ccccc3)c3ccc4c(c3)C(C)(C)c3ccccc3-4)ccc1C21c2ccccc2-c2ccccc21. The fourth-order valence-electron chi connectivity index (χ4n) is 12.7. The van der Waals surface area contributed by atoms with E-state index in [1.807, 2.05) is 11.8 Å². The van der Waals surface area contributed by atoms with Crippen LogP contribution in [0.4, 0.5) is 45.5 Å². The summed E-state index contributed by atoms with van der Waals surface area (Å²) in [7, 11) is 0. The van der Waals surface area contributed by atoms with E-state index in [2.05, 4.69) is 297 Å². The zero-order valence-corrected chi connectivity index (χ0v) is 42.9. The Morgan fingerprint density at radius 1 is 0.347 bits per heavy atom. The van der Waals surface area contributed by atoms with Crippen molar-refractivity contribution < 1.29 is 0 Å². The van der Waals surface area contributed by atoms with Gasteiger partial charge in [-0.05, 0) is 153 Å². The first kappa shape index (κ1) is 44.8. The lowest BCUT2D eigenvalue weighted by atomic mass is 9.66. The molecule has 14 rings (SSSR count). The molecule has 1 aliphatic heterocycles. The highest BCUT2D eigenvalue weighted by Crippen LogP contribution is 2.64. The van der Waals surface area contributed by atoms with Crippen molar-refractivity contribution >= 4 is 57.3 Å². The zero-order chi connectivity index (χ0) is 50.3. The van der Waals surface area contributed by atoms with E-state index >= 15 is 0 Å². The van der Waals surface area contributed by atoms with Gasteiger partial charge in [0.1, 0.15) is 0 Å². The summed E-state index contributed by atoms with van der Waals surface area (Å²) < 4.78 is 0. The average Bonchev–Trinajstić information content (AvgIpc) is 3.92. The molecule has 2 aliphatic carbocycles. The Morgan fingerprint density at radius 3 is 1.44 bits per heavy atom. The van der Waals surface area contributed by atoms with Crippen LogP contribution >= 0.6 is 11.8 Å². The molecule has 1 heterocycles. The van der Waals surface area contributed by atoms with Gasteiger partial charge in [-0.3, -0.25) is 0 Å². The van der Waals surface area contributed by atoms with Crippen molar-refractivity contribution in [3.63, 3.8) is 0 Å². The van der Waals surface area contributed by atoms with Gasteiger partial charge < -0.3 is 15.1 Å². The Bertz CT molecular complexity index is 3910. The first-order valence-electron chi connectivity index (χ1n) is 26.0. The van der Waals surface area contributed by atoms with Crippen molar-refractivity contribution in [2.75, 3.05) is 15.1 Å². The molecule has 11 aromatic carbocycles. The first-order valence-corrected chi connectivity index (χ1v) is 26.8. The molecule has 3 nitrogen and oxygen atoms in total. The molecule has 0 fully saturated rings. The van der Waals surface area contributed by atoms with Crippen molar-refractivity contribution in [3.8, 4) is 33.4 Å². The van der Waals surface area contributed by atoms with Crippen LogP contribution in [0.3, 0.4) is 0 Å². The predicted octanol–water partition coefficient (Wildman–Crippen LogP) is 19.5. The first-order chi connectivity index (χ1) is 36.9. The molecule has 358 valence electrons. The Morgan fingerprint density at radius 2 is 0.813 bits per heavy atom. The molecule has 0 atom stereocenters. The smallest absolute Gasteiger partial charge is 0.0735 e. The van der Waals surface area contributed by atoms with Crippen LogP contribution in [0.2, 0.25) is 0 Å². The third-order valence-corrected chi connectivity index (χ3v) is 17.4. The van der Waals surface area contributed by atoms with Gasteiger partial charge in [0.15, 0.2) is 0 Å². The molecule has 1 spiro atoms. The second-order valence-electron chi connectivity index (χ2n) is 20.5. The highest BCUT2D eigenvalue weighted by Gasteiger charge is 2.51. The van der Waals surface area contributed by atoms with E-state index in [4.69, 9.17) is 0 Å². The summed E-state index contributed by atoms with van der Waals surface area (Å²) in [6, 6.07) is 96.1. The van der Waals surface area contributed by atoms with Gasteiger partial charge in [-0.25, -0.2) is 0 Å². The number of hydrogen-bond acceptors (Lipinski definition) is 4. The Balaban J connectivity index is 0.990. The van der Waals surface area contributed by atoms with Crippen LogP contribution in [-0.2, 0) is 10.8 Å².